The molecule has 12 aliphatic rings. The summed E-state index contributed by atoms with van der Waals surface area (Å²) in [7, 11) is -8.80. The molecule has 2 amide bonds. The maximum atomic E-state index is 14.0. The number of hydrogen-bond donors (Lipinski definition) is 4. The van der Waals surface area contributed by atoms with Gasteiger partial charge in [-0.25, -0.2) is 0 Å². The number of carbonyl (C=O) groups excluding carboxylic acids is 2. The van der Waals surface area contributed by atoms with Crippen molar-refractivity contribution in [2.24, 2.45) is 105 Å². The van der Waals surface area contributed by atoms with Crippen LogP contribution in [0.2, 0.25) is 0 Å². The van der Waals surface area contributed by atoms with Crippen molar-refractivity contribution >= 4 is 32.1 Å². The largest absolute Gasteiger partial charge is 0.393 e. The lowest BCUT2D eigenvalue weighted by atomic mass is 9.43. The van der Waals surface area contributed by atoms with Crippen LogP contribution in [0.1, 0.15) is 196 Å². The van der Waals surface area contributed by atoms with Crippen LogP contribution in [0.25, 0.3) is 0 Å². The van der Waals surface area contributed by atoms with Crippen LogP contribution in [-0.4, -0.2) is 108 Å². The van der Waals surface area contributed by atoms with Gasteiger partial charge in [-0.3, -0.25) is 18.7 Å². The molecule has 72 heavy (non-hydrogen) atoms. The number of aliphatic hydroxyl groups excluding tert-OH is 2. The molecule has 4 aliphatic heterocycles. The molecule has 8 aliphatic carbocycles. The van der Waals surface area contributed by atoms with Crippen molar-refractivity contribution in [1.29, 1.82) is 0 Å². The van der Waals surface area contributed by atoms with Crippen LogP contribution < -0.4 is 0 Å². The summed E-state index contributed by atoms with van der Waals surface area (Å²) in [6, 6.07) is 0. The highest BCUT2D eigenvalue weighted by Crippen LogP contribution is 2.71. The minimum atomic E-state index is -4.40. The first-order valence-electron chi connectivity index (χ1n) is 29.7. The highest BCUT2D eigenvalue weighted by atomic mass is 32.2. The van der Waals surface area contributed by atoms with E-state index in [1.165, 1.54) is 93.3 Å². The van der Waals surface area contributed by atoms with Crippen LogP contribution in [0, 0.1) is 105 Å². The summed E-state index contributed by atoms with van der Waals surface area (Å²) < 4.78 is 67.5. The van der Waals surface area contributed by atoms with Crippen molar-refractivity contribution in [3.8, 4) is 0 Å². The molecule has 0 radical (unpaired) electrons. The topological polar surface area (TPSA) is 190 Å². The predicted octanol–water partition coefficient (Wildman–Crippen LogP) is 10.3. The summed E-state index contributed by atoms with van der Waals surface area (Å²) in [6.45, 7) is 14.8. The van der Waals surface area contributed by atoms with Gasteiger partial charge in [0.15, 0.2) is 0 Å². The molecule has 20 atom stereocenters. The monoisotopic (exact) mass is 1050 g/mol. The molecular weight excluding hydrogens is 949 g/mol. The molecule has 13 bridgehead atoms. The lowest BCUT2D eigenvalue weighted by Gasteiger charge is -2.63. The Kier molecular flexibility index (Phi) is 16.3. The Morgan fingerprint density at radius 2 is 0.833 bits per heavy atom. The van der Waals surface area contributed by atoms with Crippen molar-refractivity contribution < 1.29 is 45.7 Å². The van der Waals surface area contributed by atoms with Crippen LogP contribution in [0.15, 0.2) is 0 Å². The average molecular weight is 1050 g/mol. The molecule has 0 aromatic rings. The fraction of sp³-hybridized carbons (Fsp3) is 0.966. The Bertz CT molecular complexity index is 2030. The summed E-state index contributed by atoms with van der Waals surface area (Å²) in [5.74, 6) is 4.58. The second-order valence-electron chi connectivity index (χ2n) is 28.0. The number of rotatable bonds is 6. The lowest BCUT2D eigenvalue weighted by Crippen LogP contribution is -2.58. The normalized spacial score (nSPS) is 47.9. The minimum absolute atomic E-state index is 0.111. The van der Waals surface area contributed by atoms with Crippen molar-refractivity contribution in [2.75, 3.05) is 37.7 Å². The molecule has 8 saturated carbocycles. The van der Waals surface area contributed by atoms with E-state index in [4.69, 9.17) is 0 Å². The third kappa shape index (κ3) is 10.8. The van der Waals surface area contributed by atoms with Gasteiger partial charge >= 0.3 is 0 Å². The van der Waals surface area contributed by atoms with E-state index in [2.05, 4.69) is 41.5 Å². The highest BCUT2D eigenvalue weighted by Gasteiger charge is 2.65. The predicted molar refractivity (Wildman–Crippen MR) is 281 cm³/mol. The van der Waals surface area contributed by atoms with Crippen molar-refractivity contribution in [3.05, 3.63) is 0 Å². The molecule has 4 saturated heterocycles. The molecule has 0 spiro atoms. The van der Waals surface area contributed by atoms with Gasteiger partial charge in [0.1, 0.15) is 6.42 Å². The van der Waals surface area contributed by atoms with Crippen molar-refractivity contribution in [2.45, 2.75) is 208 Å². The van der Waals surface area contributed by atoms with Gasteiger partial charge in [0.05, 0.1) is 23.7 Å². The zero-order chi connectivity index (χ0) is 51.8. The zero-order valence-electron chi connectivity index (χ0n) is 45.4. The van der Waals surface area contributed by atoms with Gasteiger partial charge < -0.3 is 20.0 Å². The van der Waals surface area contributed by atoms with E-state index in [0.717, 1.165) is 63.2 Å². The van der Waals surface area contributed by atoms with Crippen molar-refractivity contribution in [3.63, 3.8) is 0 Å². The molecule has 14 heteroatoms. The van der Waals surface area contributed by atoms with E-state index in [0.29, 0.717) is 83.9 Å². The second kappa shape index (κ2) is 21.1. The quantitative estimate of drug-likeness (QED) is 0.147. The van der Waals surface area contributed by atoms with Gasteiger partial charge in [-0.15, -0.1) is 0 Å². The number of hydrogen-bond acceptors (Lipinski definition) is 8. The molecule has 0 aromatic carbocycles. The number of fused-ring (bicyclic) bond motifs is 2. The van der Waals surface area contributed by atoms with E-state index in [1.807, 2.05) is 0 Å². The molecule has 0 aromatic heterocycles. The molecule has 4 N–H and O–H groups in total. The number of nitrogens with zero attached hydrogens (tertiary/aromatic N) is 2. The molecule has 12 nitrogen and oxygen atoms in total. The smallest absolute Gasteiger partial charge is 0.266 e. The first-order valence-corrected chi connectivity index (χ1v) is 32.9. The highest BCUT2D eigenvalue weighted by molar-refractivity contribution is 7.86. The van der Waals surface area contributed by atoms with Gasteiger partial charge in [0, 0.05) is 26.2 Å². The lowest BCUT2D eigenvalue weighted by molar-refractivity contribution is -0.170. The van der Waals surface area contributed by atoms with E-state index in [9.17, 15) is 45.7 Å². The molecule has 4 heterocycles. The first-order chi connectivity index (χ1) is 33.8. The minimum Gasteiger partial charge on any atom is -0.393 e. The van der Waals surface area contributed by atoms with Gasteiger partial charge in [-0.1, -0.05) is 60.8 Å². The van der Waals surface area contributed by atoms with Crippen LogP contribution in [0.4, 0.5) is 0 Å². The van der Waals surface area contributed by atoms with E-state index in [1.54, 1.807) is 0 Å². The maximum Gasteiger partial charge on any atom is 0.266 e. The van der Waals surface area contributed by atoms with Crippen LogP contribution in [-0.2, 0) is 29.8 Å². The molecule has 2 unspecified atom stereocenters. The van der Waals surface area contributed by atoms with Gasteiger partial charge in [0.25, 0.3) is 20.2 Å². The first kappa shape index (κ1) is 55.4. The number of aliphatic hydroxyl groups is 2. The summed E-state index contributed by atoms with van der Waals surface area (Å²) in [5, 5.41) is 24.5. The number of amides is 2. The SMILES string of the molecule is C[C@H]1CCCN(CCS(=O)(=O)O)C(=O)CC(=O)N(CCS(=O)(=O)O)CCC[C@H](C)[C@H]2CC[C@H]3[C@@H]4[C@@H](O)CC5C[C@H](CCC[C@H]6CC[C@]7(C)C(C6)C[C@@H](O)[C@@H]6[C@H]8CC[C@H]1[C@]8(C)CC[C@H]67)CC[C@]5(C)[C@H]4CC[C@]23C. The van der Waals surface area contributed by atoms with E-state index in [-0.39, 0.29) is 60.0 Å². The van der Waals surface area contributed by atoms with Crippen LogP contribution in [0.5, 0.6) is 0 Å². The Morgan fingerprint density at radius 3 is 1.22 bits per heavy atom. The molecular formula is C58H98N2O10S2. The standard InChI is InChI=1S/C58H98N2O10S2/c1-37-10-8-26-59(28-30-71(65,66)67)51(63)36-52(64)60(29-31-72(68,69)70)27-9-11-38(2)44-15-17-46-54-48(21-25-58(44,46)6)56(4)23-19-40(33-42(56)35-50(54)62)13-7-12-39-18-22-55(3)41(32-39)34-49(61)53-45-16-14-43(37)57(45,5)24-20-47(53)55/h37-50,53-54,61-62H,7-36H2,1-6H3,(H,65,66,67)(H,68,69,70)/t37-,38-,39-,40+,41?,42?,43+,44+,45+,46-,47+,48-,49+,50-,53+,54-,55+,56-,57-,58+/m0/s1. The average Bonchev–Trinajstić information content (AvgIpc) is 3.85. The third-order valence-electron chi connectivity index (χ3n) is 24.7. The fourth-order valence-corrected chi connectivity index (χ4v) is 21.8. The Labute approximate surface area is 435 Å². The molecule has 12 fully saturated rings. The summed E-state index contributed by atoms with van der Waals surface area (Å²) in [6.07, 6.45) is 24.4. The summed E-state index contributed by atoms with van der Waals surface area (Å²) >= 11 is 0. The van der Waals surface area contributed by atoms with Gasteiger partial charge in [0.2, 0.25) is 11.8 Å². The zero-order valence-corrected chi connectivity index (χ0v) is 47.0. The fourth-order valence-electron chi connectivity index (χ4n) is 20.9. The van der Waals surface area contributed by atoms with Crippen LogP contribution >= 0.6 is 0 Å². The summed E-state index contributed by atoms with van der Waals surface area (Å²) in [4.78, 5) is 30.8. The van der Waals surface area contributed by atoms with Gasteiger partial charge in [-0.05, 0) is 233 Å². The summed E-state index contributed by atoms with van der Waals surface area (Å²) in [5.41, 5.74) is 0.772. The number of carbonyl (C=O) groups is 2. The maximum absolute atomic E-state index is 14.0. The van der Waals surface area contributed by atoms with Gasteiger partial charge in [-0.2, -0.15) is 16.8 Å². The van der Waals surface area contributed by atoms with Crippen molar-refractivity contribution in [1.82, 2.24) is 9.80 Å². The Morgan fingerprint density at radius 1 is 0.472 bits per heavy atom. The van der Waals surface area contributed by atoms with E-state index < -0.39 is 50.0 Å². The third-order valence-corrected chi connectivity index (χ3v) is 26.1. The van der Waals surface area contributed by atoms with Crippen LogP contribution in [0.3, 0.4) is 0 Å². The molecule has 12 rings (SSSR count). The second-order valence-corrected chi connectivity index (χ2v) is 31.2. The van der Waals surface area contributed by atoms with E-state index >= 15 is 0 Å². The Balaban J connectivity index is 0.941. The molecule has 412 valence electrons. The Hall–Kier alpha value is -1.32.